The van der Waals surface area contributed by atoms with Gasteiger partial charge < -0.3 is 15.1 Å². The van der Waals surface area contributed by atoms with Crippen molar-refractivity contribution >= 4 is 35.6 Å². The topological polar surface area (TPSA) is 92.6 Å². The van der Waals surface area contributed by atoms with Crippen LogP contribution in [-0.2, 0) is 18.4 Å². The van der Waals surface area contributed by atoms with Crippen LogP contribution in [0.15, 0.2) is 40.0 Å². The smallest absolute Gasteiger partial charge is 0.216 e. The quantitative estimate of drug-likeness (QED) is 0.309. The summed E-state index contributed by atoms with van der Waals surface area (Å²) in [5, 5.41) is 15.0. The van der Waals surface area contributed by atoms with E-state index in [2.05, 4.69) is 51.6 Å². The molecule has 0 aliphatic rings. The lowest BCUT2D eigenvalue weighted by molar-refractivity contribution is 0.383. The molecule has 0 bridgehead atoms. The van der Waals surface area contributed by atoms with E-state index in [0.29, 0.717) is 19.0 Å². The van der Waals surface area contributed by atoms with Crippen molar-refractivity contribution in [3.05, 3.63) is 48.1 Å². The van der Waals surface area contributed by atoms with Crippen molar-refractivity contribution in [1.29, 1.82) is 0 Å². The van der Waals surface area contributed by atoms with Crippen LogP contribution in [0.1, 0.15) is 45.2 Å². The van der Waals surface area contributed by atoms with Gasteiger partial charge in [-0.3, -0.25) is 4.40 Å². The highest BCUT2D eigenvalue weighted by Gasteiger charge is 2.19. The number of halogens is 1. The van der Waals surface area contributed by atoms with Gasteiger partial charge in [-0.2, -0.15) is 0 Å². The molecule has 0 unspecified atom stereocenters. The Morgan fingerprint density at radius 1 is 1.21 bits per heavy atom. The zero-order chi connectivity index (χ0) is 19.3. The monoisotopic (exact) mass is 497 g/mol. The molecule has 2 N–H and O–H groups in total. The van der Waals surface area contributed by atoms with Crippen molar-refractivity contribution in [2.75, 3.05) is 13.1 Å². The molecule has 0 saturated carbocycles. The first kappa shape index (κ1) is 22.1. The molecule has 0 saturated heterocycles. The van der Waals surface area contributed by atoms with Crippen LogP contribution in [0.3, 0.4) is 0 Å². The zero-order valence-electron chi connectivity index (χ0n) is 16.8. The molecule has 3 aromatic rings. The first-order valence-electron chi connectivity index (χ1n) is 9.23. The molecule has 0 fully saturated rings. The maximum absolute atomic E-state index is 5.79. The second-order valence-electron chi connectivity index (χ2n) is 7.29. The fourth-order valence-electron chi connectivity index (χ4n) is 2.57. The maximum Gasteiger partial charge on any atom is 0.216 e. The lowest BCUT2D eigenvalue weighted by atomic mass is 9.94. The Bertz CT molecular complexity index is 910. The number of pyridine rings is 1. The van der Waals surface area contributed by atoms with E-state index >= 15 is 0 Å². The predicted molar refractivity (Wildman–Crippen MR) is 120 cm³/mol. The van der Waals surface area contributed by atoms with Gasteiger partial charge in [-0.1, -0.05) is 26.8 Å². The van der Waals surface area contributed by atoms with Gasteiger partial charge in [0.2, 0.25) is 5.89 Å². The van der Waals surface area contributed by atoms with Gasteiger partial charge in [-0.15, -0.1) is 34.2 Å². The number of hydrogen-bond acceptors (Lipinski definition) is 5. The van der Waals surface area contributed by atoms with Crippen LogP contribution < -0.4 is 10.6 Å². The summed E-state index contributed by atoms with van der Waals surface area (Å²) in [5.41, 5.74) is 0.797. The van der Waals surface area contributed by atoms with Gasteiger partial charge >= 0.3 is 0 Å². The highest BCUT2D eigenvalue weighted by Crippen LogP contribution is 2.22. The Morgan fingerprint density at radius 2 is 2.04 bits per heavy atom. The van der Waals surface area contributed by atoms with Crippen molar-refractivity contribution in [2.45, 2.75) is 46.1 Å². The van der Waals surface area contributed by atoms with Crippen LogP contribution in [-0.4, -0.2) is 38.6 Å². The van der Waals surface area contributed by atoms with Gasteiger partial charge in [-0.05, 0) is 19.1 Å². The van der Waals surface area contributed by atoms with Crippen molar-refractivity contribution < 1.29 is 4.42 Å². The molecule has 9 heteroatoms. The van der Waals surface area contributed by atoms with E-state index in [1.165, 1.54) is 0 Å². The Balaban J connectivity index is 0.00000280. The van der Waals surface area contributed by atoms with Crippen LogP contribution in [0.25, 0.3) is 5.65 Å². The molecule has 3 rings (SSSR count). The number of nitrogens with one attached hydrogen (secondary N) is 2. The molecular weight excluding hydrogens is 469 g/mol. The lowest BCUT2D eigenvalue weighted by Crippen LogP contribution is -2.38. The molecule has 0 amide bonds. The number of fused-ring (bicyclic) bond motifs is 1. The Labute approximate surface area is 182 Å². The van der Waals surface area contributed by atoms with Gasteiger partial charge in [0.05, 0.1) is 6.20 Å². The molecule has 0 aromatic carbocycles. The summed E-state index contributed by atoms with van der Waals surface area (Å²) in [6.07, 6.45) is 4.49. The van der Waals surface area contributed by atoms with Crippen LogP contribution in [0, 0.1) is 0 Å². The van der Waals surface area contributed by atoms with E-state index in [1.807, 2.05) is 35.7 Å². The minimum atomic E-state index is -0.0568. The first-order chi connectivity index (χ1) is 13.0. The lowest BCUT2D eigenvalue weighted by Gasteiger charge is -2.13. The molecule has 28 heavy (non-hydrogen) atoms. The average molecular weight is 497 g/mol. The zero-order valence-corrected chi connectivity index (χ0v) is 19.1. The third kappa shape index (κ3) is 5.66. The van der Waals surface area contributed by atoms with Gasteiger partial charge in [0.15, 0.2) is 11.6 Å². The van der Waals surface area contributed by atoms with Gasteiger partial charge in [0.1, 0.15) is 18.1 Å². The summed E-state index contributed by atoms with van der Waals surface area (Å²) in [5.74, 6) is 3.11. The first-order valence-corrected chi connectivity index (χ1v) is 9.23. The standard InChI is InChI=1S/C19H27N7O.HI/c1-5-20-18(23-13-17-22-12-14(27-17)19(2,3)4)21-10-9-16-25-24-15-8-6-7-11-26(15)16;/h6-8,11-12H,5,9-10,13H2,1-4H3,(H2,20,21,23);1H. The Morgan fingerprint density at radius 3 is 2.75 bits per heavy atom. The highest BCUT2D eigenvalue weighted by molar-refractivity contribution is 14.0. The minimum Gasteiger partial charge on any atom is -0.443 e. The number of nitrogens with zero attached hydrogens (tertiary/aromatic N) is 5. The molecule has 0 atom stereocenters. The predicted octanol–water partition coefficient (Wildman–Crippen LogP) is 2.93. The largest absolute Gasteiger partial charge is 0.443 e. The fourth-order valence-corrected chi connectivity index (χ4v) is 2.57. The van der Waals surface area contributed by atoms with Gasteiger partial charge in [0.25, 0.3) is 0 Å². The molecular formula is C19H28IN7O. The van der Waals surface area contributed by atoms with Crippen LogP contribution in [0.2, 0.25) is 0 Å². The molecule has 3 heterocycles. The third-order valence-corrected chi connectivity index (χ3v) is 4.03. The van der Waals surface area contributed by atoms with Crippen molar-refractivity contribution in [3.8, 4) is 0 Å². The molecule has 0 spiro atoms. The number of oxazole rings is 1. The van der Waals surface area contributed by atoms with E-state index in [-0.39, 0.29) is 29.4 Å². The summed E-state index contributed by atoms with van der Waals surface area (Å²) in [7, 11) is 0. The fraction of sp³-hybridized carbons (Fsp3) is 0.474. The normalized spacial score (nSPS) is 12.1. The highest BCUT2D eigenvalue weighted by atomic mass is 127. The number of aliphatic imine (C=N–C) groups is 1. The van der Waals surface area contributed by atoms with E-state index < -0.39 is 0 Å². The summed E-state index contributed by atoms with van der Waals surface area (Å²) >= 11 is 0. The summed E-state index contributed by atoms with van der Waals surface area (Å²) in [6, 6.07) is 5.87. The minimum absolute atomic E-state index is 0. The average Bonchev–Trinajstić information content (AvgIpc) is 3.27. The van der Waals surface area contributed by atoms with E-state index in [0.717, 1.165) is 36.2 Å². The van der Waals surface area contributed by atoms with E-state index in [1.54, 1.807) is 6.20 Å². The molecule has 0 radical (unpaired) electrons. The van der Waals surface area contributed by atoms with Crippen LogP contribution >= 0.6 is 24.0 Å². The second kappa shape index (κ2) is 9.85. The van der Waals surface area contributed by atoms with Crippen molar-refractivity contribution in [2.24, 2.45) is 4.99 Å². The number of hydrogen-bond donors (Lipinski definition) is 2. The SMILES string of the molecule is CCNC(=NCc1ncc(C(C)(C)C)o1)NCCc1nnc2ccccn12.I. The summed E-state index contributed by atoms with van der Waals surface area (Å²) < 4.78 is 7.79. The number of aromatic nitrogens is 4. The van der Waals surface area contributed by atoms with Crippen LogP contribution in [0.5, 0.6) is 0 Å². The molecule has 152 valence electrons. The van der Waals surface area contributed by atoms with Gasteiger partial charge in [0, 0.05) is 31.1 Å². The number of guanidine groups is 1. The molecule has 3 aromatic heterocycles. The van der Waals surface area contributed by atoms with E-state index in [4.69, 9.17) is 4.42 Å². The van der Waals surface area contributed by atoms with E-state index in [9.17, 15) is 0 Å². The van der Waals surface area contributed by atoms with Crippen molar-refractivity contribution in [1.82, 2.24) is 30.2 Å². The third-order valence-electron chi connectivity index (χ3n) is 4.03. The molecule has 0 aliphatic heterocycles. The van der Waals surface area contributed by atoms with Crippen molar-refractivity contribution in [3.63, 3.8) is 0 Å². The number of rotatable bonds is 6. The Kier molecular flexibility index (Phi) is 7.78. The second-order valence-corrected chi connectivity index (χ2v) is 7.29. The maximum atomic E-state index is 5.79. The molecule has 8 nitrogen and oxygen atoms in total. The summed E-state index contributed by atoms with van der Waals surface area (Å²) in [4.78, 5) is 8.87. The van der Waals surface area contributed by atoms with Gasteiger partial charge in [-0.25, -0.2) is 9.98 Å². The Hall–Kier alpha value is -2.17. The van der Waals surface area contributed by atoms with Crippen LogP contribution in [0.4, 0.5) is 0 Å². The summed E-state index contributed by atoms with van der Waals surface area (Å²) in [6.45, 7) is 10.2. The molecule has 0 aliphatic carbocycles.